The average Bonchev–Trinajstić information content (AvgIpc) is 2.21. The summed E-state index contributed by atoms with van der Waals surface area (Å²) >= 11 is 0. The van der Waals surface area contributed by atoms with Gasteiger partial charge in [-0.1, -0.05) is 24.6 Å². The summed E-state index contributed by atoms with van der Waals surface area (Å²) in [5, 5.41) is 0. The van der Waals surface area contributed by atoms with E-state index in [4.69, 9.17) is 4.74 Å². The number of esters is 1. The van der Waals surface area contributed by atoms with Crippen molar-refractivity contribution >= 4 is 5.97 Å². The third-order valence-corrected chi connectivity index (χ3v) is 3.35. The van der Waals surface area contributed by atoms with E-state index in [2.05, 4.69) is 20.4 Å². The highest BCUT2D eigenvalue weighted by Crippen LogP contribution is 2.36. The number of rotatable bonds is 3. The van der Waals surface area contributed by atoms with Crippen molar-refractivity contribution in [1.29, 1.82) is 0 Å². The first-order valence-corrected chi connectivity index (χ1v) is 6.07. The van der Waals surface area contributed by atoms with E-state index >= 15 is 0 Å². The summed E-state index contributed by atoms with van der Waals surface area (Å²) in [6.07, 6.45) is 4.98. The van der Waals surface area contributed by atoms with Crippen LogP contribution in [0.4, 0.5) is 0 Å². The Kier molecular flexibility index (Phi) is 4.78. The monoisotopic (exact) mass is 222 g/mol. The molecular weight excluding hydrogens is 200 g/mol. The predicted molar refractivity (Wildman–Crippen MR) is 66.0 cm³/mol. The molecule has 16 heavy (non-hydrogen) atoms. The summed E-state index contributed by atoms with van der Waals surface area (Å²) in [6.45, 7) is 10.5. The molecule has 2 atom stereocenters. The zero-order valence-corrected chi connectivity index (χ0v) is 10.6. The van der Waals surface area contributed by atoms with Crippen LogP contribution in [0.3, 0.4) is 0 Å². The van der Waals surface area contributed by atoms with E-state index in [1.165, 1.54) is 17.6 Å². The molecule has 0 bridgehead atoms. The fraction of sp³-hybridized carbons (Fsp3) is 0.643. The lowest BCUT2D eigenvalue weighted by Gasteiger charge is -2.29. The molecule has 1 aliphatic rings. The van der Waals surface area contributed by atoms with E-state index in [1.54, 1.807) is 6.08 Å². The number of carbonyl (C=O) groups is 1. The molecule has 0 aromatic carbocycles. The minimum absolute atomic E-state index is 0.202. The van der Waals surface area contributed by atoms with Crippen molar-refractivity contribution in [2.45, 2.75) is 40.0 Å². The molecule has 1 rings (SSSR count). The van der Waals surface area contributed by atoms with E-state index in [9.17, 15) is 4.79 Å². The van der Waals surface area contributed by atoms with E-state index in [0.29, 0.717) is 18.4 Å². The number of ether oxygens (including phenoxy) is 1. The number of hydrogen-bond donors (Lipinski definition) is 0. The Bertz CT molecular complexity index is 302. The Morgan fingerprint density at radius 2 is 2.25 bits per heavy atom. The molecule has 0 aromatic heterocycles. The van der Waals surface area contributed by atoms with Gasteiger partial charge >= 0.3 is 5.97 Å². The Labute approximate surface area is 98.4 Å². The first kappa shape index (κ1) is 13.0. The molecule has 0 aliphatic heterocycles. The van der Waals surface area contributed by atoms with Crippen LogP contribution in [0.15, 0.2) is 23.8 Å². The van der Waals surface area contributed by atoms with Gasteiger partial charge < -0.3 is 4.74 Å². The van der Waals surface area contributed by atoms with Crippen LogP contribution in [-0.4, -0.2) is 12.6 Å². The highest BCUT2D eigenvalue weighted by atomic mass is 16.5. The molecule has 1 fully saturated rings. The van der Waals surface area contributed by atoms with Gasteiger partial charge in [0.1, 0.15) is 0 Å². The molecule has 90 valence electrons. The summed E-state index contributed by atoms with van der Waals surface area (Å²) in [7, 11) is 0. The van der Waals surface area contributed by atoms with Crippen LogP contribution >= 0.6 is 0 Å². The molecule has 0 radical (unpaired) electrons. The molecule has 0 N–H and O–H groups in total. The van der Waals surface area contributed by atoms with Crippen LogP contribution < -0.4 is 0 Å². The molecule has 2 nitrogen and oxygen atoms in total. The van der Waals surface area contributed by atoms with Crippen LogP contribution in [0.5, 0.6) is 0 Å². The number of allylic oxidation sites excluding steroid dienone is 2. The molecule has 0 aromatic rings. The van der Waals surface area contributed by atoms with Crippen LogP contribution in [0, 0.1) is 11.8 Å². The lowest BCUT2D eigenvalue weighted by atomic mass is 9.76. The van der Waals surface area contributed by atoms with Gasteiger partial charge in [-0.2, -0.15) is 0 Å². The summed E-state index contributed by atoms with van der Waals surface area (Å²) in [5.74, 6) is 0.837. The van der Waals surface area contributed by atoms with E-state index in [1.807, 2.05) is 6.92 Å². The fourth-order valence-electron chi connectivity index (χ4n) is 2.18. The third-order valence-electron chi connectivity index (χ3n) is 3.35. The molecular formula is C14H22O2. The zero-order valence-electron chi connectivity index (χ0n) is 10.6. The summed E-state index contributed by atoms with van der Waals surface area (Å²) in [5.41, 5.74) is 2.44. The second-order valence-corrected chi connectivity index (χ2v) is 4.70. The van der Waals surface area contributed by atoms with Gasteiger partial charge in [-0.05, 0) is 44.9 Å². The van der Waals surface area contributed by atoms with Gasteiger partial charge in [0.25, 0.3) is 0 Å². The normalized spacial score (nSPS) is 27.8. The molecule has 0 unspecified atom stereocenters. The molecule has 0 amide bonds. The molecule has 2 heteroatoms. The second kappa shape index (κ2) is 5.88. The highest BCUT2D eigenvalue weighted by molar-refractivity contribution is 5.82. The largest absolute Gasteiger partial charge is 0.463 e. The van der Waals surface area contributed by atoms with Gasteiger partial charge in [-0.25, -0.2) is 4.79 Å². The van der Waals surface area contributed by atoms with Crippen molar-refractivity contribution in [2.24, 2.45) is 11.8 Å². The van der Waals surface area contributed by atoms with Crippen LogP contribution in [0.25, 0.3) is 0 Å². The Morgan fingerprint density at radius 1 is 1.56 bits per heavy atom. The smallest absolute Gasteiger partial charge is 0.330 e. The van der Waals surface area contributed by atoms with Crippen LogP contribution in [0.1, 0.15) is 40.0 Å². The van der Waals surface area contributed by atoms with Gasteiger partial charge in [0.05, 0.1) is 6.61 Å². The predicted octanol–water partition coefficient (Wildman–Crippen LogP) is 3.49. The molecule has 0 saturated heterocycles. The standard InChI is InChI=1S/C14H22O2/c1-5-16-14(15)9-13-8-12(10(2)3)7-6-11(13)4/h9,11-12H,2,5-8H2,1,3-4H3/b13-9+/t11-,12-/m1/s1. The van der Waals surface area contributed by atoms with Gasteiger partial charge in [0.15, 0.2) is 0 Å². The minimum Gasteiger partial charge on any atom is -0.463 e. The number of carbonyl (C=O) groups excluding carboxylic acids is 1. The van der Waals surface area contributed by atoms with Gasteiger partial charge in [-0.3, -0.25) is 0 Å². The maximum absolute atomic E-state index is 11.4. The molecule has 1 saturated carbocycles. The first-order chi connectivity index (χ1) is 7.54. The average molecular weight is 222 g/mol. The number of hydrogen-bond acceptors (Lipinski definition) is 2. The van der Waals surface area contributed by atoms with E-state index in [-0.39, 0.29) is 5.97 Å². The maximum Gasteiger partial charge on any atom is 0.330 e. The van der Waals surface area contributed by atoms with Crippen molar-refractivity contribution in [2.75, 3.05) is 6.61 Å². The second-order valence-electron chi connectivity index (χ2n) is 4.70. The molecule has 0 heterocycles. The molecule has 0 spiro atoms. The van der Waals surface area contributed by atoms with Crippen molar-refractivity contribution in [3.63, 3.8) is 0 Å². The van der Waals surface area contributed by atoms with E-state index < -0.39 is 0 Å². The van der Waals surface area contributed by atoms with Crippen molar-refractivity contribution < 1.29 is 9.53 Å². The SMILES string of the molecule is C=C(C)[C@@H]1CC[C@@H](C)/C(=C/C(=O)OCC)C1. The van der Waals surface area contributed by atoms with Gasteiger partial charge in [0.2, 0.25) is 0 Å². The van der Waals surface area contributed by atoms with E-state index in [0.717, 1.165) is 12.8 Å². The van der Waals surface area contributed by atoms with Crippen LogP contribution in [0.2, 0.25) is 0 Å². The maximum atomic E-state index is 11.4. The fourth-order valence-corrected chi connectivity index (χ4v) is 2.18. The summed E-state index contributed by atoms with van der Waals surface area (Å²) < 4.78 is 4.95. The Morgan fingerprint density at radius 3 is 2.81 bits per heavy atom. The summed E-state index contributed by atoms with van der Waals surface area (Å²) in [6, 6.07) is 0. The van der Waals surface area contributed by atoms with Crippen molar-refractivity contribution in [1.82, 2.24) is 0 Å². The van der Waals surface area contributed by atoms with Crippen molar-refractivity contribution in [3.8, 4) is 0 Å². The van der Waals surface area contributed by atoms with Crippen molar-refractivity contribution in [3.05, 3.63) is 23.8 Å². The third kappa shape index (κ3) is 3.51. The first-order valence-electron chi connectivity index (χ1n) is 6.07. The molecule has 1 aliphatic carbocycles. The quantitative estimate of drug-likeness (QED) is 0.415. The van der Waals surface area contributed by atoms with Gasteiger partial charge in [-0.15, -0.1) is 0 Å². The summed E-state index contributed by atoms with van der Waals surface area (Å²) in [4.78, 5) is 11.4. The Hall–Kier alpha value is -1.05. The lowest BCUT2D eigenvalue weighted by Crippen LogP contribution is -2.17. The lowest BCUT2D eigenvalue weighted by molar-refractivity contribution is -0.137. The minimum atomic E-state index is -0.202. The zero-order chi connectivity index (χ0) is 12.1. The topological polar surface area (TPSA) is 26.3 Å². The highest BCUT2D eigenvalue weighted by Gasteiger charge is 2.23. The van der Waals surface area contributed by atoms with Crippen LogP contribution in [-0.2, 0) is 9.53 Å². The Balaban J connectivity index is 2.69. The van der Waals surface area contributed by atoms with Gasteiger partial charge in [0, 0.05) is 6.08 Å².